The van der Waals surface area contributed by atoms with Gasteiger partial charge in [0.25, 0.3) is 5.56 Å². The minimum Gasteiger partial charge on any atom is -0.468 e. The van der Waals surface area contributed by atoms with Gasteiger partial charge in [-0.1, -0.05) is 0 Å². The molecule has 1 aliphatic rings. The van der Waals surface area contributed by atoms with Crippen LogP contribution in [0, 0.1) is 0 Å². The minimum atomic E-state index is -0.791. The smallest absolute Gasteiger partial charge is 0.330 e. The first-order chi connectivity index (χ1) is 14.0. The monoisotopic (exact) mass is 406 g/mol. The first kappa shape index (κ1) is 21.0. The predicted octanol–water partition coefficient (Wildman–Crippen LogP) is 0.222. The number of anilines is 1. The van der Waals surface area contributed by atoms with Crippen molar-refractivity contribution < 1.29 is 18.7 Å². The van der Waals surface area contributed by atoms with Crippen LogP contribution in [0.3, 0.4) is 0 Å². The Bertz CT molecular complexity index is 927. The Hall–Kier alpha value is -2.69. The van der Waals surface area contributed by atoms with Crippen molar-refractivity contribution in [3.05, 3.63) is 50.6 Å². The van der Waals surface area contributed by atoms with Crippen LogP contribution in [0.4, 0.5) is 5.82 Å². The Morgan fingerprint density at radius 1 is 1.45 bits per heavy atom. The summed E-state index contributed by atoms with van der Waals surface area (Å²) >= 11 is 0. The van der Waals surface area contributed by atoms with Crippen molar-refractivity contribution in [1.82, 2.24) is 14.5 Å². The number of rotatable bonds is 10. The molecule has 1 unspecified atom stereocenters. The molecule has 0 saturated carbocycles. The van der Waals surface area contributed by atoms with Gasteiger partial charge in [-0.2, -0.15) is 0 Å². The second-order valence-corrected chi connectivity index (χ2v) is 6.97. The lowest BCUT2D eigenvalue weighted by Crippen LogP contribution is -2.41. The standard InChI is InChI=1S/C19H26N4O6/c1-27-9-6-23-17(20)16(18(25)21-19(23)26)15(24)12-22(10-13-4-2-7-28-13)11-14-5-3-8-29-14/h2,4,7,14H,3,5-6,8-12,20H2,1H3,(H,21,25,26). The van der Waals surface area contributed by atoms with E-state index in [1.807, 2.05) is 11.0 Å². The van der Waals surface area contributed by atoms with Crippen LogP contribution in [0.1, 0.15) is 29.0 Å². The summed E-state index contributed by atoms with van der Waals surface area (Å²) in [6.45, 7) is 1.89. The summed E-state index contributed by atoms with van der Waals surface area (Å²) in [5.41, 5.74) is 4.32. The van der Waals surface area contributed by atoms with Crippen LogP contribution in [-0.4, -0.2) is 59.8 Å². The fraction of sp³-hybridized carbons (Fsp3) is 0.526. The van der Waals surface area contributed by atoms with E-state index in [0.29, 0.717) is 25.5 Å². The van der Waals surface area contributed by atoms with E-state index in [4.69, 9.17) is 19.6 Å². The average molecular weight is 406 g/mol. The third kappa shape index (κ3) is 5.22. The molecule has 3 N–H and O–H groups in total. The van der Waals surface area contributed by atoms with Crippen LogP contribution in [0.2, 0.25) is 0 Å². The highest BCUT2D eigenvalue weighted by Crippen LogP contribution is 2.16. The molecule has 1 fully saturated rings. The number of nitrogens with zero attached hydrogens (tertiary/aromatic N) is 2. The first-order valence-electron chi connectivity index (χ1n) is 9.50. The maximum Gasteiger partial charge on any atom is 0.330 e. The van der Waals surface area contributed by atoms with Crippen molar-refractivity contribution in [2.45, 2.75) is 32.0 Å². The van der Waals surface area contributed by atoms with E-state index in [0.717, 1.165) is 17.4 Å². The molecular weight excluding hydrogens is 380 g/mol. The van der Waals surface area contributed by atoms with E-state index in [9.17, 15) is 14.4 Å². The fourth-order valence-corrected chi connectivity index (χ4v) is 3.43. The van der Waals surface area contributed by atoms with Gasteiger partial charge in [0.05, 0.1) is 38.6 Å². The molecule has 0 amide bonds. The van der Waals surface area contributed by atoms with Gasteiger partial charge in [0.2, 0.25) is 0 Å². The number of aromatic nitrogens is 2. The number of Topliss-reactive ketones (excluding diaryl/α,β-unsaturated/α-hetero) is 1. The number of ketones is 1. The second-order valence-electron chi connectivity index (χ2n) is 6.97. The summed E-state index contributed by atoms with van der Waals surface area (Å²) in [5.74, 6) is 0.0677. The van der Waals surface area contributed by atoms with Gasteiger partial charge in [0, 0.05) is 20.3 Å². The predicted molar refractivity (Wildman–Crippen MR) is 105 cm³/mol. The maximum atomic E-state index is 13.0. The average Bonchev–Trinajstić information content (AvgIpc) is 3.35. The number of H-pyrrole nitrogens is 1. The van der Waals surface area contributed by atoms with Crippen molar-refractivity contribution >= 4 is 11.6 Å². The molecule has 1 saturated heterocycles. The van der Waals surface area contributed by atoms with Crippen molar-refractivity contribution in [2.75, 3.05) is 39.1 Å². The Morgan fingerprint density at radius 3 is 2.93 bits per heavy atom. The summed E-state index contributed by atoms with van der Waals surface area (Å²) < 4.78 is 17.2. The normalized spacial score (nSPS) is 16.6. The Balaban J connectivity index is 1.82. The van der Waals surface area contributed by atoms with Crippen LogP contribution < -0.4 is 17.0 Å². The van der Waals surface area contributed by atoms with E-state index < -0.39 is 17.0 Å². The van der Waals surface area contributed by atoms with E-state index in [1.165, 1.54) is 7.11 Å². The van der Waals surface area contributed by atoms with Crippen LogP contribution >= 0.6 is 0 Å². The molecule has 3 rings (SSSR count). The fourth-order valence-electron chi connectivity index (χ4n) is 3.43. The maximum absolute atomic E-state index is 13.0. The van der Waals surface area contributed by atoms with Gasteiger partial charge in [-0.3, -0.25) is 24.0 Å². The Kier molecular flexibility index (Phi) is 7.02. The number of carbonyl (C=O) groups is 1. The summed E-state index contributed by atoms with van der Waals surface area (Å²) in [5, 5.41) is 0. The quantitative estimate of drug-likeness (QED) is 0.536. The first-order valence-corrected chi connectivity index (χ1v) is 9.50. The van der Waals surface area contributed by atoms with Gasteiger partial charge in [0.15, 0.2) is 5.78 Å². The second kappa shape index (κ2) is 9.68. The molecule has 0 spiro atoms. The molecule has 10 nitrogen and oxygen atoms in total. The molecule has 0 radical (unpaired) electrons. The number of nitrogens with two attached hydrogens (primary N) is 1. The van der Waals surface area contributed by atoms with Crippen molar-refractivity contribution in [1.29, 1.82) is 0 Å². The number of ether oxygens (including phenoxy) is 2. The molecule has 1 atom stereocenters. The molecule has 3 heterocycles. The van der Waals surface area contributed by atoms with E-state index in [-0.39, 0.29) is 37.2 Å². The van der Waals surface area contributed by atoms with Gasteiger partial charge in [-0.25, -0.2) is 4.79 Å². The molecule has 2 aromatic heterocycles. The van der Waals surface area contributed by atoms with Gasteiger partial charge in [-0.05, 0) is 25.0 Å². The van der Waals surface area contributed by atoms with Crippen molar-refractivity contribution in [3.8, 4) is 0 Å². The third-order valence-corrected chi connectivity index (χ3v) is 4.85. The van der Waals surface area contributed by atoms with E-state index in [2.05, 4.69) is 4.98 Å². The van der Waals surface area contributed by atoms with E-state index >= 15 is 0 Å². The lowest BCUT2D eigenvalue weighted by molar-refractivity contribution is 0.0631. The van der Waals surface area contributed by atoms with Crippen molar-refractivity contribution in [3.63, 3.8) is 0 Å². The highest BCUT2D eigenvalue weighted by molar-refractivity contribution is 6.01. The molecule has 10 heteroatoms. The number of nitrogens with one attached hydrogen (secondary N) is 1. The number of nitrogen functional groups attached to an aromatic ring is 1. The third-order valence-electron chi connectivity index (χ3n) is 4.85. The number of hydrogen-bond donors (Lipinski definition) is 2. The lowest BCUT2D eigenvalue weighted by Gasteiger charge is -2.24. The molecule has 0 aliphatic carbocycles. The molecule has 0 bridgehead atoms. The van der Waals surface area contributed by atoms with Gasteiger partial charge < -0.3 is 19.6 Å². The van der Waals surface area contributed by atoms with Crippen LogP contribution in [0.5, 0.6) is 0 Å². The summed E-state index contributed by atoms with van der Waals surface area (Å²) in [6.07, 6.45) is 3.47. The van der Waals surface area contributed by atoms with E-state index in [1.54, 1.807) is 12.3 Å². The zero-order valence-corrected chi connectivity index (χ0v) is 16.4. The Labute approximate surface area is 167 Å². The SMILES string of the molecule is COCCn1c(N)c(C(=O)CN(Cc2ccco2)CC2CCCO2)c(=O)[nH]c1=O. The largest absolute Gasteiger partial charge is 0.468 e. The molecule has 0 aromatic carbocycles. The molecule has 158 valence electrons. The number of methoxy groups -OCH3 is 1. The topological polar surface area (TPSA) is 133 Å². The highest BCUT2D eigenvalue weighted by Gasteiger charge is 2.25. The molecule has 1 aliphatic heterocycles. The number of carbonyl (C=O) groups excluding carboxylic acids is 1. The molecule has 29 heavy (non-hydrogen) atoms. The highest BCUT2D eigenvalue weighted by atomic mass is 16.5. The number of hydrogen-bond acceptors (Lipinski definition) is 8. The zero-order valence-electron chi connectivity index (χ0n) is 16.4. The molecular formula is C19H26N4O6. The number of furan rings is 1. The van der Waals surface area contributed by atoms with Gasteiger partial charge in [0.1, 0.15) is 17.1 Å². The van der Waals surface area contributed by atoms with Gasteiger partial charge in [-0.15, -0.1) is 0 Å². The Morgan fingerprint density at radius 2 is 2.28 bits per heavy atom. The summed E-state index contributed by atoms with van der Waals surface area (Å²) in [7, 11) is 1.48. The zero-order chi connectivity index (χ0) is 20.8. The van der Waals surface area contributed by atoms with Gasteiger partial charge >= 0.3 is 5.69 Å². The summed E-state index contributed by atoms with van der Waals surface area (Å²) in [4.78, 5) is 41.3. The van der Waals surface area contributed by atoms with Crippen LogP contribution in [0.25, 0.3) is 0 Å². The minimum absolute atomic E-state index is 0.0176. The number of aromatic amines is 1. The summed E-state index contributed by atoms with van der Waals surface area (Å²) in [6, 6.07) is 3.59. The van der Waals surface area contributed by atoms with Crippen LogP contribution in [0.15, 0.2) is 32.4 Å². The molecule has 2 aromatic rings. The van der Waals surface area contributed by atoms with Crippen molar-refractivity contribution in [2.24, 2.45) is 0 Å². The van der Waals surface area contributed by atoms with Crippen LogP contribution in [-0.2, 0) is 22.6 Å². The lowest BCUT2D eigenvalue weighted by atomic mass is 10.1.